The van der Waals surface area contributed by atoms with Gasteiger partial charge in [-0.1, -0.05) is 18.2 Å². The molecular weight excluding hydrogens is 216 g/mol. The molecule has 0 saturated carbocycles. The number of carbonyl (C=O) groups is 1. The summed E-state index contributed by atoms with van der Waals surface area (Å²) in [6.07, 6.45) is 3.23. The minimum Gasteiger partial charge on any atom is -0.331 e. The van der Waals surface area contributed by atoms with E-state index in [2.05, 4.69) is 20.6 Å². The summed E-state index contributed by atoms with van der Waals surface area (Å²) in [4.78, 5) is 18.4. The maximum atomic E-state index is 11.7. The van der Waals surface area contributed by atoms with Crippen molar-refractivity contribution < 1.29 is 4.79 Å². The summed E-state index contributed by atoms with van der Waals surface area (Å²) in [7, 11) is 0. The molecule has 1 heterocycles. The van der Waals surface area contributed by atoms with Crippen LogP contribution in [-0.2, 0) is 0 Å². The molecule has 0 unspecified atom stereocenters. The van der Waals surface area contributed by atoms with Crippen molar-refractivity contribution in [3.63, 3.8) is 0 Å². The summed E-state index contributed by atoms with van der Waals surface area (Å²) < 4.78 is 0. The second-order valence-corrected chi connectivity index (χ2v) is 3.78. The maximum Gasteiger partial charge on any atom is 0.326 e. The zero-order valence-corrected chi connectivity index (χ0v) is 9.74. The van der Waals surface area contributed by atoms with Crippen LogP contribution in [0.4, 0.5) is 16.4 Å². The van der Waals surface area contributed by atoms with E-state index in [0.717, 1.165) is 16.8 Å². The van der Waals surface area contributed by atoms with Crippen LogP contribution in [0.15, 0.2) is 30.6 Å². The number of imidazole rings is 1. The molecule has 3 N–H and O–H groups in total. The number of aromatic nitrogens is 2. The number of rotatable bonds is 2. The van der Waals surface area contributed by atoms with Crippen molar-refractivity contribution in [1.29, 1.82) is 0 Å². The van der Waals surface area contributed by atoms with Crippen molar-refractivity contribution in [2.75, 3.05) is 10.6 Å². The van der Waals surface area contributed by atoms with Crippen LogP contribution in [0, 0.1) is 13.8 Å². The van der Waals surface area contributed by atoms with Gasteiger partial charge in [-0.25, -0.2) is 9.78 Å². The fourth-order valence-electron chi connectivity index (χ4n) is 1.60. The Morgan fingerprint density at radius 1 is 1.24 bits per heavy atom. The molecule has 0 radical (unpaired) electrons. The van der Waals surface area contributed by atoms with E-state index in [1.807, 2.05) is 32.0 Å². The van der Waals surface area contributed by atoms with Crippen LogP contribution < -0.4 is 10.6 Å². The topological polar surface area (TPSA) is 69.8 Å². The number of nitrogens with one attached hydrogen (secondary N) is 3. The van der Waals surface area contributed by atoms with Crippen molar-refractivity contribution in [2.24, 2.45) is 0 Å². The molecule has 0 aliphatic heterocycles. The number of para-hydroxylation sites is 1. The van der Waals surface area contributed by atoms with Crippen molar-refractivity contribution >= 4 is 17.7 Å². The average Bonchev–Trinajstić information content (AvgIpc) is 2.76. The summed E-state index contributed by atoms with van der Waals surface area (Å²) in [5, 5.41) is 5.41. The van der Waals surface area contributed by atoms with Crippen LogP contribution in [-0.4, -0.2) is 16.0 Å². The van der Waals surface area contributed by atoms with E-state index in [1.54, 1.807) is 12.4 Å². The second kappa shape index (κ2) is 4.69. The molecule has 0 bridgehead atoms. The van der Waals surface area contributed by atoms with Crippen LogP contribution in [0.2, 0.25) is 0 Å². The first-order valence-corrected chi connectivity index (χ1v) is 5.30. The largest absolute Gasteiger partial charge is 0.331 e. The second-order valence-electron chi connectivity index (χ2n) is 3.78. The minimum atomic E-state index is -0.308. The molecule has 0 saturated heterocycles. The highest BCUT2D eigenvalue weighted by Gasteiger charge is 2.07. The molecule has 1 aromatic carbocycles. The van der Waals surface area contributed by atoms with E-state index in [1.165, 1.54) is 0 Å². The summed E-state index contributed by atoms with van der Waals surface area (Å²) in [5.74, 6) is 0.425. The van der Waals surface area contributed by atoms with Crippen LogP contribution in [0.1, 0.15) is 11.1 Å². The standard InChI is InChI=1S/C12H14N4O/c1-8-4-3-5-9(2)10(8)15-12(17)16-11-13-6-7-14-11/h3-7H,1-2H3,(H3,13,14,15,16,17). The monoisotopic (exact) mass is 230 g/mol. The molecule has 0 aliphatic carbocycles. The number of aryl methyl sites for hydroxylation is 2. The molecule has 2 aromatic rings. The van der Waals surface area contributed by atoms with Gasteiger partial charge in [0.2, 0.25) is 5.95 Å². The Morgan fingerprint density at radius 3 is 2.53 bits per heavy atom. The molecule has 2 amide bonds. The molecular formula is C12H14N4O. The number of H-pyrrole nitrogens is 1. The highest BCUT2D eigenvalue weighted by Crippen LogP contribution is 2.19. The van der Waals surface area contributed by atoms with Gasteiger partial charge in [0.15, 0.2) is 0 Å². The van der Waals surface area contributed by atoms with Crippen LogP contribution in [0.5, 0.6) is 0 Å². The predicted molar refractivity (Wildman–Crippen MR) is 67.1 cm³/mol. The molecule has 0 atom stereocenters. The number of amides is 2. The lowest BCUT2D eigenvalue weighted by atomic mass is 10.1. The van der Waals surface area contributed by atoms with E-state index in [9.17, 15) is 4.79 Å². The first-order chi connectivity index (χ1) is 8.16. The molecule has 0 fully saturated rings. The summed E-state index contributed by atoms with van der Waals surface area (Å²) in [6, 6.07) is 5.56. The van der Waals surface area contributed by atoms with Crippen molar-refractivity contribution in [2.45, 2.75) is 13.8 Å². The Balaban J connectivity index is 2.08. The molecule has 0 spiro atoms. The number of aromatic amines is 1. The van der Waals surface area contributed by atoms with E-state index < -0.39 is 0 Å². The Hall–Kier alpha value is -2.30. The van der Waals surface area contributed by atoms with Gasteiger partial charge in [0.05, 0.1) is 0 Å². The Bertz CT molecular complexity index is 499. The normalized spacial score (nSPS) is 10.0. The lowest BCUT2D eigenvalue weighted by molar-refractivity contribution is 0.262. The van der Waals surface area contributed by atoms with E-state index in [0.29, 0.717) is 5.95 Å². The summed E-state index contributed by atoms with van der Waals surface area (Å²) >= 11 is 0. The highest BCUT2D eigenvalue weighted by molar-refractivity contribution is 5.99. The number of carbonyl (C=O) groups excluding carboxylic acids is 1. The molecule has 5 heteroatoms. The Labute approximate surface area is 99.3 Å². The summed E-state index contributed by atoms with van der Waals surface area (Å²) in [6.45, 7) is 3.91. The van der Waals surface area contributed by atoms with E-state index >= 15 is 0 Å². The molecule has 17 heavy (non-hydrogen) atoms. The average molecular weight is 230 g/mol. The van der Waals surface area contributed by atoms with Gasteiger partial charge < -0.3 is 10.3 Å². The number of urea groups is 1. The van der Waals surface area contributed by atoms with Gasteiger partial charge in [0.1, 0.15) is 0 Å². The van der Waals surface area contributed by atoms with Gasteiger partial charge in [-0.05, 0) is 25.0 Å². The van der Waals surface area contributed by atoms with E-state index in [-0.39, 0.29) is 6.03 Å². The predicted octanol–water partition coefficient (Wildman–Crippen LogP) is 2.67. The van der Waals surface area contributed by atoms with Crippen molar-refractivity contribution in [3.05, 3.63) is 41.7 Å². The van der Waals surface area contributed by atoms with E-state index in [4.69, 9.17) is 0 Å². The fourth-order valence-corrected chi connectivity index (χ4v) is 1.60. The minimum absolute atomic E-state index is 0.308. The van der Waals surface area contributed by atoms with Gasteiger partial charge >= 0.3 is 6.03 Å². The number of hydrogen-bond acceptors (Lipinski definition) is 2. The van der Waals surface area contributed by atoms with Gasteiger partial charge in [-0.2, -0.15) is 0 Å². The quantitative estimate of drug-likeness (QED) is 0.742. The van der Waals surface area contributed by atoms with Gasteiger partial charge in [0.25, 0.3) is 0 Å². The van der Waals surface area contributed by atoms with Gasteiger partial charge in [-0.3, -0.25) is 5.32 Å². The Kier molecular flexibility index (Phi) is 3.09. The van der Waals surface area contributed by atoms with Crippen molar-refractivity contribution in [3.8, 4) is 0 Å². The number of anilines is 2. The smallest absolute Gasteiger partial charge is 0.326 e. The van der Waals surface area contributed by atoms with Gasteiger partial charge in [-0.15, -0.1) is 0 Å². The van der Waals surface area contributed by atoms with Crippen LogP contribution in [0.25, 0.3) is 0 Å². The van der Waals surface area contributed by atoms with Crippen molar-refractivity contribution in [1.82, 2.24) is 9.97 Å². The zero-order chi connectivity index (χ0) is 12.3. The third kappa shape index (κ3) is 2.63. The third-order valence-corrected chi connectivity index (χ3v) is 2.45. The maximum absolute atomic E-state index is 11.7. The lowest BCUT2D eigenvalue weighted by Crippen LogP contribution is -2.21. The number of nitrogens with zero attached hydrogens (tertiary/aromatic N) is 1. The molecule has 2 rings (SSSR count). The fraction of sp³-hybridized carbons (Fsp3) is 0.167. The zero-order valence-electron chi connectivity index (χ0n) is 9.74. The Morgan fingerprint density at radius 2 is 1.94 bits per heavy atom. The SMILES string of the molecule is Cc1cccc(C)c1NC(=O)Nc1ncc[nH]1. The number of benzene rings is 1. The molecule has 88 valence electrons. The lowest BCUT2D eigenvalue weighted by Gasteiger charge is -2.11. The molecule has 1 aromatic heterocycles. The first kappa shape index (κ1) is 11.2. The first-order valence-electron chi connectivity index (χ1n) is 5.30. The van der Waals surface area contributed by atoms with Crippen LogP contribution >= 0.6 is 0 Å². The molecule has 0 aliphatic rings. The summed E-state index contributed by atoms with van der Waals surface area (Å²) in [5.41, 5.74) is 2.88. The van der Waals surface area contributed by atoms with Crippen LogP contribution in [0.3, 0.4) is 0 Å². The molecule has 5 nitrogen and oxygen atoms in total. The number of hydrogen-bond donors (Lipinski definition) is 3. The third-order valence-electron chi connectivity index (χ3n) is 2.45. The highest BCUT2D eigenvalue weighted by atomic mass is 16.2. The van der Waals surface area contributed by atoms with Gasteiger partial charge in [0, 0.05) is 18.1 Å².